The lowest BCUT2D eigenvalue weighted by Crippen LogP contribution is -2.42. The molecule has 3 heterocycles. The van der Waals surface area contributed by atoms with Crippen LogP contribution >= 0.6 is 0 Å². The molecule has 2 atom stereocenters. The van der Waals surface area contributed by atoms with Crippen molar-refractivity contribution in [1.82, 2.24) is 9.55 Å². The summed E-state index contributed by atoms with van der Waals surface area (Å²) in [5.41, 5.74) is 5.65. The number of pyridine rings is 2. The Labute approximate surface area is 194 Å². The lowest BCUT2D eigenvalue weighted by Gasteiger charge is -2.39. The molecule has 0 bridgehead atoms. The second-order valence-electron chi connectivity index (χ2n) is 9.69. The minimum Gasteiger partial charge on any atom is -0.487 e. The molecule has 0 saturated heterocycles. The van der Waals surface area contributed by atoms with Crippen molar-refractivity contribution in [3.63, 3.8) is 0 Å². The summed E-state index contributed by atoms with van der Waals surface area (Å²) in [6, 6.07) is 5.80. The van der Waals surface area contributed by atoms with Gasteiger partial charge in [0.05, 0.1) is 22.1 Å². The highest BCUT2D eigenvalue weighted by Crippen LogP contribution is 2.50. The molecule has 1 spiro atoms. The molecule has 9 heteroatoms. The topological polar surface area (TPSA) is 119 Å². The molecule has 176 valence electrons. The Morgan fingerprint density at radius 2 is 2.15 bits per heavy atom. The Kier molecular flexibility index (Phi) is 4.59. The normalized spacial score (nSPS) is 22.0. The summed E-state index contributed by atoms with van der Waals surface area (Å²) in [6.45, 7) is 0.289. The number of nitrogens with two attached hydrogens (primary N) is 1. The van der Waals surface area contributed by atoms with E-state index in [0.717, 1.165) is 44.2 Å². The zero-order chi connectivity index (χ0) is 23.6. The number of halogens is 1. The fourth-order valence-corrected chi connectivity index (χ4v) is 5.66. The lowest BCUT2D eigenvalue weighted by atomic mass is 9.93. The van der Waals surface area contributed by atoms with Gasteiger partial charge in [0, 0.05) is 24.1 Å². The van der Waals surface area contributed by atoms with Crippen molar-refractivity contribution in [2.75, 3.05) is 17.7 Å². The van der Waals surface area contributed by atoms with E-state index in [1.54, 1.807) is 6.20 Å². The highest BCUT2D eigenvalue weighted by molar-refractivity contribution is 6.03. The molecule has 2 aliphatic carbocycles. The average Bonchev–Trinajstić information content (AvgIpc) is 3.37. The number of nitrogens with zero attached hydrogens (tertiary/aromatic N) is 2. The summed E-state index contributed by atoms with van der Waals surface area (Å²) < 4.78 is 23.6. The predicted octanol–water partition coefficient (Wildman–Crippen LogP) is 3.52. The van der Waals surface area contributed by atoms with Gasteiger partial charge in [-0.3, -0.25) is 9.78 Å². The number of nitrogens with one attached hydrogen (secondary N) is 1. The number of hydrogen-bond acceptors (Lipinski definition) is 6. The number of ether oxygens (including phenoxy) is 1. The largest absolute Gasteiger partial charge is 0.487 e. The molecule has 1 aromatic carbocycles. The van der Waals surface area contributed by atoms with E-state index in [0.29, 0.717) is 11.4 Å². The van der Waals surface area contributed by atoms with Crippen LogP contribution in [0, 0.1) is 11.7 Å². The van der Waals surface area contributed by atoms with Crippen molar-refractivity contribution in [1.29, 1.82) is 0 Å². The third kappa shape index (κ3) is 3.06. The van der Waals surface area contributed by atoms with Crippen LogP contribution in [0.25, 0.3) is 10.9 Å². The maximum Gasteiger partial charge on any atom is 0.341 e. The van der Waals surface area contributed by atoms with E-state index in [1.165, 1.54) is 6.20 Å². The van der Waals surface area contributed by atoms with Crippen molar-refractivity contribution >= 4 is 28.2 Å². The second kappa shape index (κ2) is 7.44. The van der Waals surface area contributed by atoms with Crippen LogP contribution in [-0.2, 0) is 12.0 Å². The molecule has 4 N–H and O–H groups in total. The molecule has 1 aliphatic heterocycles. The predicted molar refractivity (Wildman–Crippen MR) is 125 cm³/mol. The standard InChI is InChI=1S/C25H25FN4O4/c26-18-19(27)17-21-23(20(18)29-16-10-13(16)9-14-5-1-4-8-28-14)34-12-25(6-2-3-7-25)30(21)11-15(22(17)31)24(32)33/h1,4-5,8,11,13,16,29H,2-3,6-7,9-10,12,27H2,(H,32,33)/t13-,16+/m1/s1. The second-order valence-corrected chi connectivity index (χ2v) is 9.69. The van der Waals surface area contributed by atoms with Crippen LogP contribution in [0.5, 0.6) is 5.75 Å². The van der Waals surface area contributed by atoms with Gasteiger partial charge in [-0.2, -0.15) is 0 Å². The fraction of sp³-hybridized carbons (Fsp3) is 0.400. The molecule has 2 fully saturated rings. The number of anilines is 2. The van der Waals surface area contributed by atoms with E-state index in [1.807, 2.05) is 22.8 Å². The van der Waals surface area contributed by atoms with Crippen molar-refractivity contribution in [2.24, 2.45) is 5.92 Å². The number of hydrogen-bond donors (Lipinski definition) is 3. The van der Waals surface area contributed by atoms with Crippen LogP contribution in [0.2, 0.25) is 0 Å². The van der Waals surface area contributed by atoms with E-state index < -0.39 is 28.3 Å². The van der Waals surface area contributed by atoms with Crippen molar-refractivity contribution in [2.45, 2.75) is 50.1 Å². The van der Waals surface area contributed by atoms with Crippen LogP contribution in [0.15, 0.2) is 35.4 Å². The highest BCUT2D eigenvalue weighted by atomic mass is 19.1. The fourth-order valence-electron chi connectivity index (χ4n) is 5.66. The Morgan fingerprint density at radius 1 is 1.35 bits per heavy atom. The molecule has 3 aliphatic rings. The van der Waals surface area contributed by atoms with E-state index in [-0.39, 0.29) is 35.2 Å². The SMILES string of the molecule is Nc1c(F)c(N[C@H]2C[C@H]2Cc2ccccn2)c2c3c1c(=O)c(C(=O)O)cn3C1(CCCC1)CO2. The number of aromatic carboxylic acids is 1. The minimum atomic E-state index is -1.35. The summed E-state index contributed by atoms with van der Waals surface area (Å²) in [4.78, 5) is 29.3. The van der Waals surface area contributed by atoms with Crippen LogP contribution in [0.4, 0.5) is 15.8 Å². The number of carboxylic acids is 1. The summed E-state index contributed by atoms with van der Waals surface area (Å²) in [5.74, 6) is -1.61. The first-order valence-corrected chi connectivity index (χ1v) is 11.6. The highest BCUT2D eigenvalue weighted by Gasteiger charge is 2.44. The van der Waals surface area contributed by atoms with Gasteiger partial charge in [-0.25, -0.2) is 9.18 Å². The van der Waals surface area contributed by atoms with Gasteiger partial charge in [-0.1, -0.05) is 18.9 Å². The molecular formula is C25H25FN4O4. The van der Waals surface area contributed by atoms with Gasteiger partial charge in [0.25, 0.3) is 0 Å². The summed E-state index contributed by atoms with van der Waals surface area (Å²) in [6.07, 6.45) is 8.28. The maximum atomic E-state index is 15.6. The zero-order valence-electron chi connectivity index (χ0n) is 18.5. The number of rotatable bonds is 5. The first-order chi connectivity index (χ1) is 16.4. The molecule has 2 aromatic heterocycles. The van der Waals surface area contributed by atoms with E-state index >= 15 is 4.39 Å². The maximum absolute atomic E-state index is 15.6. The third-order valence-corrected chi connectivity index (χ3v) is 7.59. The third-order valence-electron chi connectivity index (χ3n) is 7.59. The van der Waals surface area contributed by atoms with Crippen molar-refractivity contribution < 1.29 is 19.0 Å². The van der Waals surface area contributed by atoms with Crippen molar-refractivity contribution in [3.05, 3.63) is 57.9 Å². The van der Waals surface area contributed by atoms with Crippen LogP contribution in [-0.4, -0.2) is 33.3 Å². The van der Waals surface area contributed by atoms with E-state index in [4.69, 9.17) is 10.5 Å². The van der Waals surface area contributed by atoms with Crippen LogP contribution in [0.1, 0.15) is 48.2 Å². The Balaban J connectivity index is 1.47. The number of fused-ring (bicyclic) bond motifs is 1. The molecular weight excluding hydrogens is 439 g/mol. The molecule has 34 heavy (non-hydrogen) atoms. The van der Waals surface area contributed by atoms with Gasteiger partial charge >= 0.3 is 5.97 Å². The number of benzene rings is 1. The van der Waals surface area contributed by atoms with E-state index in [2.05, 4.69) is 10.3 Å². The first kappa shape index (κ1) is 20.9. The first-order valence-electron chi connectivity index (χ1n) is 11.6. The molecule has 8 nitrogen and oxygen atoms in total. The average molecular weight is 464 g/mol. The zero-order valence-corrected chi connectivity index (χ0v) is 18.5. The van der Waals surface area contributed by atoms with Crippen LogP contribution < -0.4 is 21.2 Å². The Bertz CT molecular complexity index is 1380. The minimum absolute atomic E-state index is 0.0223. The number of carbonyl (C=O) groups is 1. The number of nitrogen functional groups attached to an aromatic ring is 1. The number of carboxylic acid groups (broad SMARTS) is 1. The summed E-state index contributed by atoms with van der Waals surface area (Å²) in [5, 5.41) is 12.8. The van der Waals surface area contributed by atoms with Gasteiger partial charge < -0.3 is 25.5 Å². The summed E-state index contributed by atoms with van der Waals surface area (Å²) in [7, 11) is 0. The Morgan fingerprint density at radius 3 is 2.85 bits per heavy atom. The number of aromatic nitrogens is 2. The van der Waals surface area contributed by atoms with Gasteiger partial charge in [0.1, 0.15) is 17.9 Å². The van der Waals surface area contributed by atoms with Gasteiger partial charge in [-0.05, 0) is 43.7 Å². The molecule has 0 amide bonds. The Hall–Kier alpha value is -3.62. The molecule has 2 saturated carbocycles. The van der Waals surface area contributed by atoms with Gasteiger partial charge in [0.15, 0.2) is 11.6 Å². The van der Waals surface area contributed by atoms with E-state index in [9.17, 15) is 14.7 Å². The molecule has 3 aromatic rings. The van der Waals surface area contributed by atoms with Crippen LogP contribution in [0.3, 0.4) is 0 Å². The molecule has 6 rings (SSSR count). The molecule has 0 radical (unpaired) electrons. The molecule has 0 unspecified atom stereocenters. The monoisotopic (exact) mass is 464 g/mol. The quantitative estimate of drug-likeness (QED) is 0.494. The van der Waals surface area contributed by atoms with Gasteiger partial charge in [-0.15, -0.1) is 0 Å². The smallest absolute Gasteiger partial charge is 0.341 e. The van der Waals surface area contributed by atoms with Crippen molar-refractivity contribution in [3.8, 4) is 5.75 Å². The van der Waals surface area contributed by atoms with Gasteiger partial charge in [0.2, 0.25) is 5.43 Å². The lowest BCUT2D eigenvalue weighted by molar-refractivity contribution is 0.0692. The summed E-state index contributed by atoms with van der Waals surface area (Å²) >= 11 is 0.